The quantitative estimate of drug-likeness (QED) is 0.637. The van der Waals surface area contributed by atoms with E-state index >= 15 is 0 Å². The van der Waals surface area contributed by atoms with Crippen LogP contribution in [0.4, 0.5) is 11.9 Å². The highest BCUT2D eigenvalue weighted by Gasteiger charge is 2.09. The van der Waals surface area contributed by atoms with E-state index in [9.17, 15) is 0 Å². The maximum Gasteiger partial charge on any atom is 0.258 e. The van der Waals surface area contributed by atoms with Crippen LogP contribution in [0, 0.1) is 5.92 Å². The zero-order chi connectivity index (χ0) is 15.1. The first-order valence-corrected chi connectivity index (χ1v) is 6.92. The zero-order valence-corrected chi connectivity index (χ0v) is 12.2. The number of nitrogens with zero attached hydrogens (tertiary/aromatic N) is 6. The van der Waals surface area contributed by atoms with Crippen molar-refractivity contribution in [3.05, 3.63) is 12.7 Å². The average Bonchev–Trinajstić information content (AvgIpc) is 3.00. The molecule has 2 aromatic rings. The van der Waals surface area contributed by atoms with Crippen molar-refractivity contribution in [3.8, 4) is 5.95 Å². The predicted molar refractivity (Wildman–Crippen MR) is 78.3 cm³/mol. The van der Waals surface area contributed by atoms with Crippen molar-refractivity contribution in [2.45, 2.75) is 20.3 Å². The van der Waals surface area contributed by atoms with Crippen molar-refractivity contribution < 1.29 is 5.11 Å². The number of aliphatic hydroxyl groups excluding tert-OH is 1. The van der Waals surface area contributed by atoms with Gasteiger partial charge in [0.15, 0.2) is 0 Å². The van der Waals surface area contributed by atoms with Gasteiger partial charge in [-0.3, -0.25) is 0 Å². The number of rotatable bonds is 8. The van der Waals surface area contributed by atoms with E-state index in [0.29, 0.717) is 36.9 Å². The molecule has 9 nitrogen and oxygen atoms in total. The Hall–Kier alpha value is -2.29. The molecule has 0 saturated heterocycles. The summed E-state index contributed by atoms with van der Waals surface area (Å²) in [5, 5.41) is 19.2. The molecule has 0 bridgehead atoms. The Morgan fingerprint density at radius 2 is 2.00 bits per heavy atom. The minimum atomic E-state index is 0.174. The van der Waals surface area contributed by atoms with E-state index < -0.39 is 0 Å². The van der Waals surface area contributed by atoms with Crippen LogP contribution in [0.5, 0.6) is 0 Å². The smallest absolute Gasteiger partial charge is 0.258 e. The van der Waals surface area contributed by atoms with Gasteiger partial charge in [-0.05, 0) is 19.3 Å². The fourth-order valence-electron chi connectivity index (χ4n) is 1.68. The summed E-state index contributed by atoms with van der Waals surface area (Å²) in [4.78, 5) is 16.8. The molecule has 0 spiro atoms. The summed E-state index contributed by atoms with van der Waals surface area (Å²) in [6.45, 7) is 5.57. The third kappa shape index (κ3) is 4.35. The van der Waals surface area contributed by atoms with Gasteiger partial charge in [0, 0.05) is 19.7 Å². The maximum atomic E-state index is 8.92. The van der Waals surface area contributed by atoms with Crippen LogP contribution in [0.3, 0.4) is 0 Å². The third-order valence-electron chi connectivity index (χ3n) is 2.81. The van der Waals surface area contributed by atoms with Gasteiger partial charge in [-0.25, -0.2) is 4.98 Å². The van der Waals surface area contributed by atoms with E-state index in [4.69, 9.17) is 5.11 Å². The lowest BCUT2D eigenvalue weighted by Gasteiger charge is -2.12. The van der Waals surface area contributed by atoms with Gasteiger partial charge in [-0.1, -0.05) is 6.92 Å². The number of aliphatic hydroxyl groups is 1. The molecule has 2 aromatic heterocycles. The summed E-state index contributed by atoms with van der Waals surface area (Å²) >= 11 is 0. The van der Waals surface area contributed by atoms with Crippen molar-refractivity contribution in [1.82, 2.24) is 29.7 Å². The summed E-state index contributed by atoms with van der Waals surface area (Å²) in [7, 11) is 0. The summed E-state index contributed by atoms with van der Waals surface area (Å²) in [6, 6.07) is 0. The van der Waals surface area contributed by atoms with Crippen molar-refractivity contribution in [1.29, 1.82) is 0 Å². The Labute approximate surface area is 122 Å². The van der Waals surface area contributed by atoms with Crippen LogP contribution < -0.4 is 10.6 Å². The van der Waals surface area contributed by atoms with Gasteiger partial charge in [-0.15, -0.1) is 0 Å². The normalized spacial score (nSPS) is 12.1. The second kappa shape index (κ2) is 7.48. The highest BCUT2D eigenvalue weighted by Crippen LogP contribution is 2.09. The molecule has 21 heavy (non-hydrogen) atoms. The van der Waals surface area contributed by atoms with Gasteiger partial charge < -0.3 is 15.7 Å². The molecule has 2 heterocycles. The first-order valence-electron chi connectivity index (χ1n) is 6.92. The van der Waals surface area contributed by atoms with Gasteiger partial charge >= 0.3 is 0 Å². The fourth-order valence-corrected chi connectivity index (χ4v) is 1.68. The van der Waals surface area contributed by atoms with Crippen molar-refractivity contribution >= 4 is 11.9 Å². The van der Waals surface area contributed by atoms with Gasteiger partial charge in [0.1, 0.15) is 12.7 Å². The molecule has 0 fully saturated rings. The number of anilines is 2. The Morgan fingerprint density at radius 3 is 2.62 bits per heavy atom. The summed E-state index contributed by atoms with van der Waals surface area (Å²) in [5.41, 5.74) is 0. The molecule has 0 aromatic carbocycles. The molecule has 0 aliphatic heterocycles. The lowest BCUT2D eigenvalue weighted by atomic mass is 10.1. The fraction of sp³-hybridized carbons (Fsp3) is 0.583. The number of hydrogen-bond donors (Lipinski definition) is 3. The largest absolute Gasteiger partial charge is 0.396 e. The van der Waals surface area contributed by atoms with E-state index in [1.54, 1.807) is 0 Å². The number of hydrogen-bond acceptors (Lipinski definition) is 8. The Morgan fingerprint density at radius 1 is 1.24 bits per heavy atom. The maximum absolute atomic E-state index is 8.92. The predicted octanol–water partition coefficient (Wildman–Crippen LogP) is 0.314. The molecule has 3 N–H and O–H groups in total. The van der Waals surface area contributed by atoms with Gasteiger partial charge in [0.25, 0.3) is 5.95 Å². The second-order valence-electron chi connectivity index (χ2n) is 4.65. The van der Waals surface area contributed by atoms with Crippen LogP contribution in [0.25, 0.3) is 5.95 Å². The van der Waals surface area contributed by atoms with Gasteiger partial charge in [0.2, 0.25) is 11.9 Å². The monoisotopic (exact) mass is 292 g/mol. The minimum absolute atomic E-state index is 0.174. The SMILES string of the molecule is CCNc1nc(NCC(C)CCO)nc(-n2cncn2)n1. The molecule has 0 aliphatic rings. The molecule has 1 unspecified atom stereocenters. The molecular formula is C12H20N8O. The molecule has 0 saturated carbocycles. The van der Waals surface area contributed by atoms with Crippen LogP contribution in [0.2, 0.25) is 0 Å². The van der Waals surface area contributed by atoms with Crippen LogP contribution >= 0.6 is 0 Å². The number of nitrogens with one attached hydrogen (secondary N) is 2. The Bertz CT molecular complexity index is 544. The zero-order valence-electron chi connectivity index (χ0n) is 12.2. The first kappa shape index (κ1) is 15.1. The summed E-state index contributed by atoms with van der Waals surface area (Å²) in [5.74, 6) is 1.67. The summed E-state index contributed by atoms with van der Waals surface area (Å²) < 4.78 is 1.48. The van der Waals surface area contributed by atoms with Crippen LogP contribution in [0.1, 0.15) is 20.3 Å². The van der Waals surface area contributed by atoms with E-state index in [1.165, 1.54) is 17.3 Å². The summed E-state index contributed by atoms with van der Waals surface area (Å²) in [6.07, 6.45) is 3.68. The molecule has 9 heteroatoms. The van der Waals surface area contributed by atoms with E-state index in [1.807, 2.05) is 13.8 Å². The van der Waals surface area contributed by atoms with E-state index in [0.717, 1.165) is 6.42 Å². The van der Waals surface area contributed by atoms with E-state index in [2.05, 4.69) is 35.7 Å². The molecule has 2 rings (SSSR count). The van der Waals surface area contributed by atoms with Crippen LogP contribution in [0.15, 0.2) is 12.7 Å². The third-order valence-corrected chi connectivity index (χ3v) is 2.81. The van der Waals surface area contributed by atoms with E-state index in [-0.39, 0.29) is 6.61 Å². The lowest BCUT2D eigenvalue weighted by Crippen LogP contribution is -2.17. The first-order chi connectivity index (χ1) is 10.2. The average molecular weight is 292 g/mol. The number of aromatic nitrogens is 6. The molecule has 0 amide bonds. The molecular weight excluding hydrogens is 272 g/mol. The topological polar surface area (TPSA) is 114 Å². The Kier molecular flexibility index (Phi) is 5.38. The van der Waals surface area contributed by atoms with Gasteiger partial charge in [-0.2, -0.15) is 24.7 Å². The standard InChI is InChI=1S/C12H20N8O/c1-3-14-10-17-11(15-6-9(2)4-5-21)19-12(18-10)20-8-13-7-16-20/h7-9,21H,3-6H2,1-2H3,(H2,14,15,17,18,19). The second-order valence-corrected chi connectivity index (χ2v) is 4.65. The highest BCUT2D eigenvalue weighted by molar-refractivity contribution is 5.37. The van der Waals surface area contributed by atoms with Crippen molar-refractivity contribution in [2.75, 3.05) is 30.3 Å². The Balaban J connectivity index is 2.16. The molecule has 1 atom stereocenters. The molecule has 0 aliphatic carbocycles. The van der Waals surface area contributed by atoms with Crippen LogP contribution in [-0.4, -0.2) is 54.5 Å². The van der Waals surface area contributed by atoms with Crippen molar-refractivity contribution in [3.63, 3.8) is 0 Å². The lowest BCUT2D eigenvalue weighted by molar-refractivity contribution is 0.265. The van der Waals surface area contributed by atoms with Gasteiger partial charge in [0.05, 0.1) is 0 Å². The molecule has 114 valence electrons. The van der Waals surface area contributed by atoms with Crippen molar-refractivity contribution in [2.24, 2.45) is 5.92 Å². The highest BCUT2D eigenvalue weighted by atomic mass is 16.3. The molecule has 0 radical (unpaired) electrons. The van der Waals surface area contributed by atoms with Crippen LogP contribution in [-0.2, 0) is 0 Å². The minimum Gasteiger partial charge on any atom is -0.396 e.